The minimum absolute atomic E-state index is 0.169. The van der Waals surface area contributed by atoms with Gasteiger partial charge < -0.3 is 0 Å². The Hall–Kier alpha value is -0.980. The smallest absolute Gasteiger partial charge is 0.246 e. The van der Waals surface area contributed by atoms with Gasteiger partial charge in [-0.05, 0) is 62.1 Å². The molecule has 4 aliphatic rings. The van der Waals surface area contributed by atoms with Crippen molar-refractivity contribution in [2.75, 3.05) is 26.2 Å². The van der Waals surface area contributed by atoms with Crippen LogP contribution in [0.5, 0.6) is 0 Å². The predicted molar refractivity (Wildman–Crippen MR) is 90.7 cm³/mol. The number of fused-ring (bicyclic) bond motifs is 4. The lowest BCUT2D eigenvalue weighted by Gasteiger charge is -2.36. The fourth-order valence-electron chi connectivity index (χ4n) is 4.14. The van der Waals surface area contributed by atoms with Crippen LogP contribution in [0.3, 0.4) is 0 Å². The van der Waals surface area contributed by atoms with Crippen molar-refractivity contribution >= 4 is 10.0 Å². The van der Waals surface area contributed by atoms with E-state index < -0.39 is 15.8 Å². The molecule has 4 nitrogen and oxygen atoms in total. The molecule has 0 amide bonds. The van der Waals surface area contributed by atoms with Crippen LogP contribution in [0.1, 0.15) is 31.2 Å². The van der Waals surface area contributed by atoms with E-state index in [1.165, 1.54) is 25.0 Å². The minimum Gasteiger partial charge on any atom is -0.298 e. The summed E-state index contributed by atoms with van der Waals surface area (Å²) in [5, 5.41) is 0. The summed E-state index contributed by atoms with van der Waals surface area (Å²) >= 11 is 0. The van der Waals surface area contributed by atoms with Gasteiger partial charge in [0.15, 0.2) is 0 Å². The first kappa shape index (κ1) is 16.5. The zero-order chi connectivity index (χ0) is 16.9. The Morgan fingerprint density at radius 1 is 1.12 bits per heavy atom. The van der Waals surface area contributed by atoms with E-state index in [0.29, 0.717) is 19.0 Å². The normalized spacial score (nSPS) is 28.9. The summed E-state index contributed by atoms with van der Waals surface area (Å²) in [6.07, 6.45) is 4.75. The second-order valence-corrected chi connectivity index (χ2v) is 9.66. The van der Waals surface area contributed by atoms with Crippen molar-refractivity contribution in [1.82, 2.24) is 9.21 Å². The van der Waals surface area contributed by atoms with Crippen LogP contribution in [0, 0.1) is 24.6 Å². The zero-order valence-corrected chi connectivity index (χ0v) is 14.9. The standard InChI is InChI=1S/C18H25FN2O2S/c1-13-2-7-17(19)18(8-13)24(22,23)21-11-15-5-6-16(12-21)20(10-15)9-14-3-4-14/h2,7-8,14-16H,3-6,9-12H2,1H3/t15-,16-/m1/s1. The predicted octanol–water partition coefficient (Wildman–Crippen LogP) is 2.63. The van der Waals surface area contributed by atoms with Crippen molar-refractivity contribution in [1.29, 1.82) is 0 Å². The van der Waals surface area contributed by atoms with Crippen LogP contribution in [0.25, 0.3) is 0 Å². The maximum absolute atomic E-state index is 14.2. The molecule has 1 aromatic carbocycles. The second kappa shape index (κ2) is 6.07. The average molecular weight is 352 g/mol. The molecule has 0 aromatic heterocycles. The number of sulfonamides is 1. The lowest BCUT2D eigenvalue weighted by atomic mass is 9.95. The van der Waals surface area contributed by atoms with Crippen molar-refractivity contribution in [3.63, 3.8) is 0 Å². The fourth-order valence-corrected chi connectivity index (χ4v) is 5.84. The van der Waals surface area contributed by atoms with Crippen LogP contribution in [0.2, 0.25) is 0 Å². The topological polar surface area (TPSA) is 40.6 Å². The Bertz CT molecular complexity index is 733. The minimum atomic E-state index is -3.77. The highest BCUT2D eigenvalue weighted by Crippen LogP contribution is 2.36. The molecule has 2 atom stereocenters. The lowest BCUT2D eigenvalue weighted by Crippen LogP contribution is -2.45. The molecular formula is C18H25FN2O2S. The molecule has 0 N–H and O–H groups in total. The Morgan fingerprint density at radius 3 is 2.67 bits per heavy atom. The van der Waals surface area contributed by atoms with Gasteiger partial charge in [-0.3, -0.25) is 4.90 Å². The summed E-state index contributed by atoms with van der Waals surface area (Å²) < 4.78 is 41.8. The van der Waals surface area contributed by atoms with Crippen molar-refractivity contribution in [2.45, 2.75) is 43.5 Å². The quantitative estimate of drug-likeness (QED) is 0.836. The molecule has 3 heterocycles. The number of nitrogens with zero attached hydrogens (tertiary/aromatic N) is 2. The third-order valence-corrected chi connectivity index (χ3v) is 7.53. The molecule has 24 heavy (non-hydrogen) atoms. The molecule has 2 bridgehead atoms. The molecule has 4 fully saturated rings. The van der Waals surface area contributed by atoms with E-state index >= 15 is 0 Å². The molecule has 1 aliphatic carbocycles. The van der Waals surface area contributed by atoms with Gasteiger partial charge in [0.05, 0.1) is 0 Å². The van der Waals surface area contributed by atoms with Gasteiger partial charge in [-0.1, -0.05) is 6.07 Å². The molecule has 132 valence electrons. The zero-order valence-electron chi connectivity index (χ0n) is 14.1. The second-order valence-electron chi connectivity index (χ2n) is 7.75. The van der Waals surface area contributed by atoms with E-state index in [9.17, 15) is 12.8 Å². The number of piperidine rings is 1. The van der Waals surface area contributed by atoms with Crippen LogP contribution in [-0.4, -0.2) is 49.8 Å². The van der Waals surface area contributed by atoms with Gasteiger partial charge in [-0.15, -0.1) is 0 Å². The largest absolute Gasteiger partial charge is 0.298 e. The summed E-state index contributed by atoms with van der Waals surface area (Å²) in [6.45, 7) is 4.91. The fraction of sp³-hybridized carbons (Fsp3) is 0.667. The van der Waals surface area contributed by atoms with Crippen LogP contribution in [-0.2, 0) is 10.0 Å². The molecule has 3 aliphatic heterocycles. The molecular weight excluding hydrogens is 327 g/mol. The van der Waals surface area contributed by atoms with E-state index in [1.54, 1.807) is 17.3 Å². The summed E-state index contributed by atoms with van der Waals surface area (Å²) in [5.74, 6) is 0.529. The molecule has 3 saturated heterocycles. The maximum atomic E-state index is 14.2. The average Bonchev–Trinajstić information content (AvgIpc) is 3.37. The highest BCUT2D eigenvalue weighted by molar-refractivity contribution is 7.89. The number of aryl methyl sites for hydroxylation is 1. The van der Waals surface area contributed by atoms with Crippen molar-refractivity contribution in [3.05, 3.63) is 29.6 Å². The molecule has 0 spiro atoms. The molecule has 1 aromatic rings. The summed E-state index contributed by atoms with van der Waals surface area (Å²) in [4.78, 5) is 2.33. The summed E-state index contributed by atoms with van der Waals surface area (Å²) in [6, 6.07) is 4.61. The Morgan fingerprint density at radius 2 is 1.92 bits per heavy atom. The van der Waals surface area contributed by atoms with E-state index in [2.05, 4.69) is 4.90 Å². The highest BCUT2D eigenvalue weighted by atomic mass is 32.2. The van der Waals surface area contributed by atoms with Crippen molar-refractivity contribution in [3.8, 4) is 0 Å². The molecule has 1 saturated carbocycles. The van der Waals surface area contributed by atoms with Gasteiger partial charge in [0.25, 0.3) is 0 Å². The first-order valence-electron chi connectivity index (χ1n) is 8.94. The maximum Gasteiger partial charge on any atom is 0.246 e. The Labute approximate surface area is 143 Å². The van der Waals surface area contributed by atoms with Crippen LogP contribution < -0.4 is 0 Å². The van der Waals surface area contributed by atoms with Gasteiger partial charge in [0, 0.05) is 32.2 Å². The van der Waals surface area contributed by atoms with E-state index in [4.69, 9.17) is 0 Å². The van der Waals surface area contributed by atoms with E-state index in [-0.39, 0.29) is 10.9 Å². The van der Waals surface area contributed by atoms with Crippen LogP contribution in [0.15, 0.2) is 23.1 Å². The molecule has 5 rings (SSSR count). The van der Waals surface area contributed by atoms with E-state index in [0.717, 1.165) is 37.4 Å². The first-order valence-corrected chi connectivity index (χ1v) is 10.4. The molecule has 0 radical (unpaired) electrons. The summed E-state index contributed by atoms with van der Waals surface area (Å²) in [7, 11) is -3.77. The highest BCUT2D eigenvalue weighted by Gasteiger charge is 2.41. The van der Waals surface area contributed by atoms with Crippen molar-refractivity contribution < 1.29 is 12.8 Å². The van der Waals surface area contributed by atoms with Gasteiger partial charge in [0.2, 0.25) is 10.0 Å². The SMILES string of the molecule is Cc1ccc(F)c(S(=O)(=O)N2C[C@@H]3CC[C@H](C2)N(CC2CC2)C3)c1. The van der Waals surface area contributed by atoms with Gasteiger partial charge >= 0.3 is 0 Å². The van der Waals surface area contributed by atoms with Crippen LogP contribution in [0.4, 0.5) is 4.39 Å². The van der Waals surface area contributed by atoms with Crippen LogP contribution >= 0.6 is 0 Å². The number of hydrogen-bond acceptors (Lipinski definition) is 3. The third-order valence-electron chi connectivity index (χ3n) is 5.69. The Kier molecular flexibility index (Phi) is 4.17. The number of halogens is 1. The van der Waals surface area contributed by atoms with Gasteiger partial charge in [-0.2, -0.15) is 4.31 Å². The van der Waals surface area contributed by atoms with Gasteiger partial charge in [0.1, 0.15) is 10.7 Å². The summed E-state index contributed by atoms with van der Waals surface area (Å²) in [5.41, 5.74) is 0.767. The monoisotopic (exact) mass is 352 g/mol. The number of benzene rings is 1. The number of hydrogen-bond donors (Lipinski definition) is 0. The van der Waals surface area contributed by atoms with E-state index in [1.807, 2.05) is 0 Å². The number of rotatable bonds is 4. The van der Waals surface area contributed by atoms with Crippen molar-refractivity contribution in [2.24, 2.45) is 11.8 Å². The lowest BCUT2D eigenvalue weighted by molar-refractivity contribution is 0.127. The molecule has 0 unspecified atom stereocenters. The molecule has 6 heteroatoms. The van der Waals surface area contributed by atoms with Gasteiger partial charge in [-0.25, -0.2) is 12.8 Å². The first-order chi connectivity index (χ1) is 11.4. The third kappa shape index (κ3) is 3.11. The Balaban J connectivity index is 1.60.